The zero-order chi connectivity index (χ0) is 24.5. The monoisotopic (exact) mass is 482 g/mol. The van der Waals surface area contributed by atoms with Crippen molar-refractivity contribution in [2.24, 2.45) is 5.41 Å². The Labute approximate surface area is 210 Å². The summed E-state index contributed by atoms with van der Waals surface area (Å²) in [5, 5.41) is 3.10. The van der Waals surface area contributed by atoms with Crippen LogP contribution < -0.4 is 10.2 Å². The van der Waals surface area contributed by atoms with E-state index in [-0.39, 0.29) is 23.3 Å². The average molecular weight is 483 g/mol. The first-order chi connectivity index (χ1) is 17.6. The first-order valence-corrected chi connectivity index (χ1v) is 12.7. The minimum Gasteiger partial charge on any atom is -0.371 e. The summed E-state index contributed by atoms with van der Waals surface area (Å²) < 4.78 is 0. The highest BCUT2D eigenvalue weighted by Gasteiger charge is 2.41. The minimum absolute atomic E-state index is 0.0880. The fraction of sp³-hybridized carbons (Fsp3) is 0.393. The van der Waals surface area contributed by atoms with Crippen molar-refractivity contribution in [1.82, 2.24) is 25.2 Å². The highest BCUT2D eigenvalue weighted by molar-refractivity contribution is 5.95. The molecule has 4 heterocycles. The molecule has 2 aromatic heterocycles. The first kappa shape index (κ1) is 22.6. The number of amides is 2. The quantitative estimate of drug-likeness (QED) is 0.613. The zero-order valence-corrected chi connectivity index (χ0v) is 20.3. The number of hydrogen-bond acceptors (Lipinski definition) is 6. The number of carbonyl (C=O) groups is 2. The Bertz CT molecular complexity index is 1260. The summed E-state index contributed by atoms with van der Waals surface area (Å²) in [5.41, 5.74) is 4.91. The van der Waals surface area contributed by atoms with Crippen molar-refractivity contribution in [3.8, 4) is 0 Å². The van der Waals surface area contributed by atoms with Crippen LogP contribution in [-0.2, 0) is 6.42 Å². The van der Waals surface area contributed by atoms with Crippen molar-refractivity contribution in [2.75, 3.05) is 31.1 Å². The third kappa shape index (κ3) is 4.32. The fourth-order valence-corrected chi connectivity index (χ4v) is 6.03. The Balaban J connectivity index is 1.10. The minimum atomic E-state index is -0.191. The van der Waals surface area contributed by atoms with Gasteiger partial charge in [0.15, 0.2) is 0 Å². The normalized spacial score (nSPS) is 20.4. The maximum absolute atomic E-state index is 13.4. The summed E-state index contributed by atoms with van der Waals surface area (Å²) in [6, 6.07) is 10.0. The lowest BCUT2D eigenvalue weighted by Gasteiger charge is -2.39. The summed E-state index contributed by atoms with van der Waals surface area (Å²) in [4.78, 5) is 42.5. The molecule has 1 atom stereocenters. The molecule has 1 N–H and O–H groups in total. The van der Waals surface area contributed by atoms with Crippen LogP contribution in [-0.4, -0.2) is 57.8 Å². The molecule has 2 amide bonds. The molecular weight excluding hydrogens is 452 g/mol. The number of aryl methyl sites for hydroxylation is 1. The number of fused-ring (bicyclic) bond motifs is 1. The predicted molar refractivity (Wildman–Crippen MR) is 136 cm³/mol. The van der Waals surface area contributed by atoms with Crippen LogP contribution in [0.25, 0.3) is 0 Å². The molecule has 8 nitrogen and oxygen atoms in total. The Morgan fingerprint density at radius 2 is 1.67 bits per heavy atom. The van der Waals surface area contributed by atoms with E-state index in [4.69, 9.17) is 0 Å². The number of pyridine rings is 1. The molecule has 0 saturated carbocycles. The van der Waals surface area contributed by atoms with Crippen molar-refractivity contribution in [2.45, 2.75) is 38.1 Å². The van der Waals surface area contributed by atoms with Gasteiger partial charge in [0, 0.05) is 62.2 Å². The molecule has 1 spiro atoms. The van der Waals surface area contributed by atoms with Crippen LogP contribution in [0.5, 0.6) is 0 Å². The van der Waals surface area contributed by atoms with Gasteiger partial charge in [-0.05, 0) is 72.9 Å². The summed E-state index contributed by atoms with van der Waals surface area (Å²) in [5.74, 6) is -0.103. The number of anilines is 1. The molecule has 2 aliphatic heterocycles. The molecule has 3 aliphatic rings. The topological polar surface area (TPSA) is 91.3 Å². The summed E-state index contributed by atoms with van der Waals surface area (Å²) >= 11 is 0. The van der Waals surface area contributed by atoms with Crippen LogP contribution in [0.2, 0.25) is 0 Å². The molecule has 36 heavy (non-hydrogen) atoms. The number of nitrogens with zero attached hydrogens (tertiary/aromatic N) is 5. The molecule has 2 fully saturated rings. The number of rotatable bonds is 4. The van der Waals surface area contributed by atoms with E-state index in [2.05, 4.69) is 43.4 Å². The fourth-order valence-electron chi connectivity index (χ4n) is 6.03. The number of nitrogens with one attached hydrogen (secondary N) is 1. The summed E-state index contributed by atoms with van der Waals surface area (Å²) in [7, 11) is 0. The summed E-state index contributed by atoms with van der Waals surface area (Å²) in [6.45, 7) is 3.68. The number of benzene rings is 1. The maximum atomic E-state index is 13.4. The molecule has 6 rings (SSSR count). The van der Waals surface area contributed by atoms with E-state index in [0.29, 0.717) is 11.1 Å². The van der Waals surface area contributed by atoms with E-state index in [1.165, 1.54) is 36.4 Å². The molecule has 184 valence electrons. The number of carbonyl (C=O) groups excluding carboxylic acids is 2. The lowest BCUT2D eigenvalue weighted by molar-refractivity contribution is 0.0610. The van der Waals surface area contributed by atoms with Gasteiger partial charge in [-0.25, -0.2) is 9.97 Å². The molecule has 3 aromatic rings. The Morgan fingerprint density at radius 1 is 0.917 bits per heavy atom. The predicted octanol–water partition coefficient (Wildman–Crippen LogP) is 3.42. The van der Waals surface area contributed by atoms with Gasteiger partial charge in [-0.2, -0.15) is 0 Å². The van der Waals surface area contributed by atoms with E-state index in [1.807, 2.05) is 29.4 Å². The number of hydrogen-bond donors (Lipinski definition) is 1. The van der Waals surface area contributed by atoms with Crippen molar-refractivity contribution in [3.05, 3.63) is 83.7 Å². The SMILES string of the molecule is O=C(N[C@@H]1CCc2ccc(C(=O)N3CCC4(CC3)CCN(c3ccncc3)C4)cc21)c1cncnc1. The van der Waals surface area contributed by atoms with Gasteiger partial charge in [0.25, 0.3) is 11.8 Å². The highest BCUT2D eigenvalue weighted by Crippen LogP contribution is 2.42. The zero-order valence-electron chi connectivity index (χ0n) is 20.3. The molecular formula is C28H30N6O2. The van der Waals surface area contributed by atoms with E-state index in [1.54, 1.807) is 0 Å². The second kappa shape index (κ2) is 9.33. The van der Waals surface area contributed by atoms with E-state index >= 15 is 0 Å². The molecule has 2 saturated heterocycles. The van der Waals surface area contributed by atoms with E-state index in [0.717, 1.165) is 57.4 Å². The van der Waals surface area contributed by atoms with Crippen LogP contribution in [0.15, 0.2) is 61.4 Å². The van der Waals surface area contributed by atoms with Crippen LogP contribution in [0, 0.1) is 5.41 Å². The van der Waals surface area contributed by atoms with Gasteiger partial charge < -0.3 is 15.1 Å². The maximum Gasteiger partial charge on any atom is 0.254 e. The molecule has 0 unspecified atom stereocenters. The van der Waals surface area contributed by atoms with Crippen molar-refractivity contribution in [3.63, 3.8) is 0 Å². The third-order valence-corrected chi connectivity index (χ3v) is 8.18. The third-order valence-electron chi connectivity index (χ3n) is 8.18. The number of aromatic nitrogens is 3. The lowest BCUT2D eigenvalue weighted by atomic mass is 9.77. The lowest BCUT2D eigenvalue weighted by Crippen LogP contribution is -2.44. The first-order valence-electron chi connectivity index (χ1n) is 12.7. The van der Waals surface area contributed by atoms with Crippen molar-refractivity contribution < 1.29 is 9.59 Å². The van der Waals surface area contributed by atoms with Gasteiger partial charge in [0.1, 0.15) is 6.33 Å². The molecule has 8 heteroatoms. The molecule has 0 radical (unpaired) electrons. The Hall–Kier alpha value is -3.81. The Morgan fingerprint density at radius 3 is 2.44 bits per heavy atom. The average Bonchev–Trinajstić information content (AvgIpc) is 3.54. The van der Waals surface area contributed by atoms with Crippen molar-refractivity contribution >= 4 is 17.5 Å². The second-order valence-corrected chi connectivity index (χ2v) is 10.3. The van der Waals surface area contributed by atoms with Gasteiger partial charge in [-0.15, -0.1) is 0 Å². The second-order valence-electron chi connectivity index (χ2n) is 10.3. The largest absolute Gasteiger partial charge is 0.371 e. The van der Waals surface area contributed by atoms with Gasteiger partial charge in [0.2, 0.25) is 0 Å². The number of piperidine rings is 1. The molecule has 1 aromatic carbocycles. The molecule has 0 bridgehead atoms. The Kier molecular flexibility index (Phi) is 5.87. The smallest absolute Gasteiger partial charge is 0.254 e. The molecule has 1 aliphatic carbocycles. The van der Waals surface area contributed by atoms with E-state index < -0.39 is 0 Å². The van der Waals surface area contributed by atoms with Gasteiger partial charge >= 0.3 is 0 Å². The van der Waals surface area contributed by atoms with Crippen LogP contribution in [0.4, 0.5) is 5.69 Å². The van der Waals surface area contributed by atoms with Gasteiger partial charge in [0.05, 0.1) is 11.6 Å². The van der Waals surface area contributed by atoms with Gasteiger partial charge in [-0.3, -0.25) is 14.6 Å². The number of likely N-dealkylation sites (tertiary alicyclic amines) is 1. The van der Waals surface area contributed by atoms with E-state index in [9.17, 15) is 9.59 Å². The van der Waals surface area contributed by atoms with Crippen LogP contribution >= 0.6 is 0 Å². The van der Waals surface area contributed by atoms with Gasteiger partial charge in [-0.1, -0.05) is 6.07 Å². The summed E-state index contributed by atoms with van der Waals surface area (Å²) in [6.07, 6.45) is 13.1. The standard InChI is InChI=1S/C28H30N6O2/c35-26(22-16-30-19-31-17-22)32-25-4-3-20-1-2-21(15-24(20)25)27(36)33-12-7-28(8-13-33)9-14-34(18-28)23-5-10-29-11-6-23/h1-2,5-6,10-11,15-17,19,25H,3-4,7-9,12-14,18H2,(H,32,35)/t25-/m1/s1. The van der Waals surface area contributed by atoms with Crippen LogP contribution in [0.3, 0.4) is 0 Å². The van der Waals surface area contributed by atoms with Crippen LogP contribution in [0.1, 0.15) is 63.6 Å². The highest BCUT2D eigenvalue weighted by atomic mass is 16.2. The van der Waals surface area contributed by atoms with Crippen molar-refractivity contribution in [1.29, 1.82) is 0 Å².